The number of benzene rings is 1. The highest BCUT2D eigenvalue weighted by atomic mass is 16.4. The van der Waals surface area contributed by atoms with Crippen LogP contribution in [0.1, 0.15) is 56.9 Å². The summed E-state index contributed by atoms with van der Waals surface area (Å²) in [7, 11) is 0. The number of rotatable bonds is 4. The highest BCUT2D eigenvalue weighted by Gasteiger charge is 2.34. The summed E-state index contributed by atoms with van der Waals surface area (Å²) in [5, 5.41) is 9.21. The number of nitrogens with zero attached hydrogens (tertiary/aromatic N) is 1. The number of carbonyl (C=O) groups excluding carboxylic acids is 1. The number of hydrogen-bond donors (Lipinski definition) is 1. The summed E-state index contributed by atoms with van der Waals surface area (Å²) in [5.74, 6) is 0.367. The van der Waals surface area contributed by atoms with Crippen molar-refractivity contribution in [1.29, 1.82) is 0 Å². The van der Waals surface area contributed by atoms with Gasteiger partial charge in [-0.3, -0.25) is 9.59 Å². The van der Waals surface area contributed by atoms with Crippen molar-refractivity contribution in [2.24, 2.45) is 17.8 Å². The van der Waals surface area contributed by atoms with Gasteiger partial charge in [0.1, 0.15) is 0 Å². The maximum atomic E-state index is 12.6. The number of carboxylic acid groups (broad SMARTS) is 1. The molecule has 1 amide bonds. The Kier molecular flexibility index (Phi) is 5.77. The molecule has 0 radical (unpaired) electrons. The molecular weight excluding hydrogens is 314 g/mol. The molecular formula is C21H29NO3. The smallest absolute Gasteiger partial charge is 0.306 e. The van der Waals surface area contributed by atoms with Crippen molar-refractivity contribution in [3.8, 4) is 0 Å². The second kappa shape index (κ2) is 8.03. The lowest BCUT2D eigenvalue weighted by Crippen LogP contribution is -2.45. The van der Waals surface area contributed by atoms with E-state index in [9.17, 15) is 14.7 Å². The Morgan fingerprint density at radius 1 is 1.08 bits per heavy atom. The molecule has 25 heavy (non-hydrogen) atoms. The Morgan fingerprint density at radius 2 is 1.76 bits per heavy atom. The van der Waals surface area contributed by atoms with Crippen molar-refractivity contribution in [2.45, 2.75) is 51.4 Å². The molecule has 1 N–H and O–H groups in total. The van der Waals surface area contributed by atoms with E-state index >= 15 is 0 Å². The van der Waals surface area contributed by atoms with Crippen LogP contribution in [0.25, 0.3) is 0 Å². The number of piperidine rings is 1. The average molecular weight is 343 g/mol. The van der Waals surface area contributed by atoms with Crippen molar-refractivity contribution in [3.05, 3.63) is 35.9 Å². The lowest BCUT2D eigenvalue weighted by atomic mass is 9.77. The Labute approximate surface area is 150 Å². The van der Waals surface area contributed by atoms with Gasteiger partial charge in [-0.1, -0.05) is 37.3 Å². The molecule has 0 aromatic heterocycles. The van der Waals surface area contributed by atoms with E-state index in [1.165, 1.54) is 18.4 Å². The molecule has 1 aliphatic heterocycles. The predicted octanol–water partition coefficient (Wildman–Crippen LogP) is 3.92. The Hall–Kier alpha value is -1.84. The number of amides is 1. The van der Waals surface area contributed by atoms with Crippen LogP contribution in [0.2, 0.25) is 0 Å². The number of carboxylic acids is 1. The molecule has 1 aromatic rings. The maximum Gasteiger partial charge on any atom is 0.306 e. The van der Waals surface area contributed by atoms with Gasteiger partial charge in [-0.05, 0) is 55.4 Å². The van der Waals surface area contributed by atoms with Gasteiger partial charge in [-0.25, -0.2) is 0 Å². The summed E-state index contributed by atoms with van der Waals surface area (Å²) >= 11 is 0. The van der Waals surface area contributed by atoms with Gasteiger partial charge in [-0.2, -0.15) is 0 Å². The number of likely N-dealkylation sites (tertiary alicyclic amines) is 1. The molecule has 2 aliphatic rings. The SMILES string of the molecule is CC1CN(C(=O)CC2CCC(c3ccccc3)CC2)CCC1C(=O)O. The summed E-state index contributed by atoms with van der Waals surface area (Å²) in [6.07, 6.45) is 5.78. The third-order valence-corrected chi connectivity index (χ3v) is 6.16. The Morgan fingerprint density at radius 3 is 2.36 bits per heavy atom. The minimum Gasteiger partial charge on any atom is -0.481 e. The van der Waals surface area contributed by atoms with E-state index in [-0.39, 0.29) is 17.7 Å². The van der Waals surface area contributed by atoms with Crippen molar-refractivity contribution >= 4 is 11.9 Å². The molecule has 4 heteroatoms. The average Bonchev–Trinajstić information content (AvgIpc) is 2.62. The highest BCUT2D eigenvalue weighted by Crippen LogP contribution is 2.37. The number of aliphatic carboxylic acids is 1. The van der Waals surface area contributed by atoms with Gasteiger partial charge in [0.15, 0.2) is 0 Å². The van der Waals surface area contributed by atoms with E-state index in [0.717, 1.165) is 12.8 Å². The summed E-state index contributed by atoms with van der Waals surface area (Å²) < 4.78 is 0. The van der Waals surface area contributed by atoms with Crippen LogP contribution in [0.3, 0.4) is 0 Å². The summed E-state index contributed by atoms with van der Waals surface area (Å²) in [5.41, 5.74) is 1.43. The third-order valence-electron chi connectivity index (χ3n) is 6.16. The first kappa shape index (κ1) is 18.0. The Balaban J connectivity index is 1.46. The van der Waals surface area contributed by atoms with Crippen LogP contribution in [0.5, 0.6) is 0 Å². The molecule has 2 fully saturated rings. The molecule has 136 valence electrons. The van der Waals surface area contributed by atoms with Crippen molar-refractivity contribution in [1.82, 2.24) is 4.90 Å². The van der Waals surface area contributed by atoms with Crippen molar-refractivity contribution in [3.63, 3.8) is 0 Å². The molecule has 1 saturated heterocycles. The van der Waals surface area contributed by atoms with Gasteiger partial charge in [0.2, 0.25) is 5.91 Å². The molecule has 1 saturated carbocycles. The molecule has 0 spiro atoms. The zero-order valence-electron chi connectivity index (χ0n) is 15.1. The molecule has 3 rings (SSSR count). The fourth-order valence-electron chi connectivity index (χ4n) is 4.54. The number of hydrogen-bond acceptors (Lipinski definition) is 2. The van der Waals surface area contributed by atoms with E-state index in [4.69, 9.17) is 0 Å². The quantitative estimate of drug-likeness (QED) is 0.901. The third kappa shape index (κ3) is 4.42. The van der Waals surface area contributed by atoms with Gasteiger partial charge in [0.05, 0.1) is 5.92 Å². The summed E-state index contributed by atoms with van der Waals surface area (Å²) in [4.78, 5) is 25.7. The minimum absolute atomic E-state index is 0.0454. The van der Waals surface area contributed by atoms with Gasteiger partial charge in [-0.15, -0.1) is 0 Å². The largest absolute Gasteiger partial charge is 0.481 e. The first-order chi connectivity index (χ1) is 12.0. The first-order valence-corrected chi connectivity index (χ1v) is 9.60. The molecule has 2 unspecified atom stereocenters. The topological polar surface area (TPSA) is 57.6 Å². The van der Waals surface area contributed by atoms with E-state index in [2.05, 4.69) is 30.3 Å². The fourth-order valence-corrected chi connectivity index (χ4v) is 4.54. The molecule has 4 nitrogen and oxygen atoms in total. The van der Waals surface area contributed by atoms with Crippen LogP contribution in [0.4, 0.5) is 0 Å². The minimum atomic E-state index is -0.723. The normalized spacial score (nSPS) is 30.0. The van der Waals surface area contributed by atoms with Crippen molar-refractivity contribution < 1.29 is 14.7 Å². The molecule has 0 bridgehead atoms. The van der Waals surface area contributed by atoms with Crippen LogP contribution < -0.4 is 0 Å². The molecule has 1 aromatic carbocycles. The van der Waals surface area contributed by atoms with E-state index in [1.54, 1.807) is 0 Å². The van der Waals surface area contributed by atoms with Gasteiger partial charge in [0, 0.05) is 19.5 Å². The van der Waals surface area contributed by atoms with E-state index < -0.39 is 5.97 Å². The molecule has 2 atom stereocenters. The predicted molar refractivity (Wildman–Crippen MR) is 97.2 cm³/mol. The zero-order valence-corrected chi connectivity index (χ0v) is 15.1. The lowest BCUT2D eigenvalue weighted by Gasteiger charge is -2.36. The molecule has 1 heterocycles. The fraction of sp³-hybridized carbons (Fsp3) is 0.619. The second-order valence-electron chi connectivity index (χ2n) is 7.88. The van der Waals surface area contributed by atoms with Gasteiger partial charge >= 0.3 is 5.97 Å². The standard InChI is InChI=1S/C21H29NO3/c1-15-14-22(12-11-19(15)21(24)25)20(23)13-16-7-9-18(10-8-16)17-5-3-2-4-6-17/h2-6,15-16,18-19H,7-14H2,1H3,(H,24,25). The van der Waals surface area contributed by atoms with Gasteiger partial charge in [0.25, 0.3) is 0 Å². The van der Waals surface area contributed by atoms with E-state index in [1.807, 2.05) is 11.8 Å². The Bertz CT molecular complexity index is 592. The van der Waals surface area contributed by atoms with E-state index in [0.29, 0.717) is 37.8 Å². The first-order valence-electron chi connectivity index (χ1n) is 9.60. The monoisotopic (exact) mass is 343 g/mol. The van der Waals surface area contributed by atoms with Crippen LogP contribution in [-0.2, 0) is 9.59 Å². The maximum absolute atomic E-state index is 12.6. The second-order valence-corrected chi connectivity index (χ2v) is 7.88. The van der Waals surface area contributed by atoms with Gasteiger partial charge < -0.3 is 10.0 Å². The molecule has 1 aliphatic carbocycles. The summed E-state index contributed by atoms with van der Waals surface area (Å²) in [6, 6.07) is 10.7. The lowest BCUT2D eigenvalue weighted by molar-refractivity contribution is -0.148. The van der Waals surface area contributed by atoms with Crippen LogP contribution in [0, 0.1) is 17.8 Å². The van der Waals surface area contributed by atoms with Crippen molar-refractivity contribution in [2.75, 3.05) is 13.1 Å². The zero-order chi connectivity index (χ0) is 17.8. The summed E-state index contributed by atoms with van der Waals surface area (Å²) in [6.45, 7) is 3.14. The highest BCUT2D eigenvalue weighted by molar-refractivity contribution is 5.77. The van der Waals surface area contributed by atoms with Crippen LogP contribution in [0.15, 0.2) is 30.3 Å². The van der Waals surface area contributed by atoms with Crippen LogP contribution >= 0.6 is 0 Å². The number of carbonyl (C=O) groups is 2. The van der Waals surface area contributed by atoms with Crippen LogP contribution in [-0.4, -0.2) is 35.0 Å².